The minimum Gasteiger partial charge on any atom is -0.374 e. The van der Waals surface area contributed by atoms with Gasteiger partial charge in [-0.2, -0.15) is 18.3 Å². The predicted molar refractivity (Wildman–Crippen MR) is 123 cm³/mol. The third-order valence-corrected chi connectivity index (χ3v) is 4.68. The van der Waals surface area contributed by atoms with E-state index in [0.29, 0.717) is 25.6 Å². The van der Waals surface area contributed by atoms with Crippen molar-refractivity contribution in [2.24, 2.45) is 12.0 Å². The lowest BCUT2D eigenvalue weighted by Gasteiger charge is -2.30. The molecular formula is C19H31F3IN7O. The fraction of sp³-hybridized carbons (Fsp3) is 0.632. The number of imidazole rings is 1. The van der Waals surface area contributed by atoms with Crippen molar-refractivity contribution in [3.8, 4) is 0 Å². The molecule has 1 unspecified atom stereocenters. The first-order valence-electron chi connectivity index (χ1n) is 9.88. The summed E-state index contributed by atoms with van der Waals surface area (Å²) in [6.45, 7) is 7.40. The molecule has 0 bridgehead atoms. The summed E-state index contributed by atoms with van der Waals surface area (Å²) >= 11 is 0. The van der Waals surface area contributed by atoms with Crippen molar-refractivity contribution in [3.05, 3.63) is 35.7 Å². The van der Waals surface area contributed by atoms with Crippen LogP contribution in [-0.2, 0) is 19.2 Å². The van der Waals surface area contributed by atoms with E-state index in [1.807, 2.05) is 31.5 Å². The van der Waals surface area contributed by atoms with Crippen molar-refractivity contribution >= 4 is 29.9 Å². The van der Waals surface area contributed by atoms with E-state index in [-0.39, 0.29) is 30.5 Å². The van der Waals surface area contributed by atoms with E-state index < -0.39 is 24.0 Å². The quantitative estimate of drug-likeness (QED) is 0.191. The van der Waals surface area contributed by atoms with Crippen molar-refractivity contribution in [3.63, 3.8) is 0 Å². The van der Waals surface area contributed by atoms with Gasteiger partial charge in [-0.3, -0.25) is 9.67 Å². The number of nitrogens with one attached hydrogen (secondary N) is 2. The SMILES string of the molecule is CCNC(=NCCCn1nc(C)cc1C)NCCC(O)(c1nccn1C)C(F)(F)F.I. The first-order chi connectivity index (χ1) is 14.1. The van der Waals surface area contributed by atoms with Crippen molar-refractivity contribution in [2.75, 3.05) is 19.6 Å². The Labute approximate surface area is 197 Å². The van der Waals surface area contributed by atoms with Crippen LogP contribution in [0.3, 0.4) is 0 Å². The predicted octanol–water partition coefficient (Wildman–Crippen LogP) is 2.64. The first kappa shape index (κ1) is 27.2. The Balaban J connectivity index is 0.00000480. The summed E-state index contributed by atoms with van der Waals surface area (Å²) in [7, 11) is 1.42. The fourth-order valence-electron chi connectivity index (χ4n) is 3.16. The number of aliphatic imine (C=N–C) groups is 1. The van der Waals surface area contributed by atoms with Gasteiger partial charge in [0.15, 0.2) is 5.96 Å². The lowest BCUT2D eigenvalue weighted by molar-refractivity contribution is -0.272. The molecule has 31 heavy (non-hydrogen) atoms. The standard InChI is InChI=1S/C19H30F3N7O.HI/c1-5-23-17(25-8-6-11-29-15(3)13-14(2)27-29)26-9-7-18(30,19(20,21)22)16-24-10-12-28(16)4;/h10,12-13,30H,5-9,11H2,1-4H3,(H2,23,25,26);1H. The second-order valence-electron chi connectivity index (χ2n) is 7.16. The number of hydrogen-bond acceptors (Lipinski definition) is 4. The van der Waals surface area contributed by atoms with Gasteiger partial charge >= 0.3 is 6.18 Å². The normalized spacial score (nSPS) is 14.1. The molecule has 2 aromatic heterocycles. The highest BCUT2D eigenvalue weighted by atomic mass is 127. The molecule has 176 valence electrons. The van der Waals surface area contributed by atoms with Crippen molar-refractivity contribution < 1.29 is 18.3 Å². The third-order valence-electron chi connectivity index (χ3n) is 4.68. The smallest absolute Gasteiger partial charge is 0.374 e. The topological polar surface area (TPSA) is 92.3 Å². The third kappa shape index (κ3) is 7.09. The molecule has 0 aliphatic carbocycles. The molecule has 0 fully saturated rings. The van der Waals surface area contributed by atoms with E-state index in [9.17, 15) is 18.3 Å². The van der Waals surface area contributed by atoms with Crippen LogP contribution in [0.25, 0.3) is 0 Å². The number of halogens is 4. The van der Waals surface area contributed by atoms with Crippen LogP contribution in [0, 0.1) is 13.8 Å². The van der Waals surface area contributed by atoms with E-state index >= 15 is 0 Å². The first-order valence-corrected chi connectivity index (χ1v) is 9.88. The molecule has 0 saturated carbocycles. The van der Waals surface area contributed by atoms with Crippen LogP contribution >= 0.6 is 24.0 Å². The Kier molecular flexibility index (Phi) is 10.3. The molecule has 0 radical (unpaired) electrons. The number of hydrogen-bond donors (Lipinski definition) is 3. The van der Waals surface area contributed by atoms with Crippen molar-refractivity contribution in [2.45, 2.75) is 51.9 Å². The average molecular weight is 557 g/mol. The molecule has 8 nitrogen and oxygen atoms in total. The number of aryl methyl sites for hydroxylation is 4. The monoisotopic (exact) mass is 557 g/mol. The van der Waals surface area contributed by atoms with Gasteiger partial charge in [0, 0.05) is 57.7 Å². The number of nitrogens with zero attached hydrogens (tertiary/aromatic N) is 5. The maximum Gasteiger partial charge on any atom is 0.424 e. The van der Waals surface area contributed by atoms with E-state index in [0.717, 1.165) is 17.8 Å². The zero-order valence-corrected chi connectivity index (χ0v) is 20.5. The lowest BCUT2D eigenvalue weighted by Crippen LogP contribution is -2.48. The summed E-state index contributed by atoms with van der Waals surface area (Å²) < 4.78 is 43.8. The highest BCUT2D eigenvalue weighted by Gasteiger charge is 2.57. The Morgan fingerprint density at radius 1 is 1.26 bits per heavy atom. The van der Waals surface area contributed by atoms with Gasteiger partial charge in [-0.15, -0.1) is 24.0 Å². The summed E-state index contributed by atoms with van der Waals surface area (Å²) in [5, 5.41) is 20.6. The van der Waals surface area contributed by atoms with Gasteiger partial charge in [-0.25, -0.2) is 4.98 Å². The van der Waals surface area contributed by atoms with Crippen LogP contribution in [-0.4, -0.2) is 56.2 Å². The van der Waals surface area contributed by atoms with Crippen molar-refractivity contribution in [1.82, 2.24) is 30.0 Å². The zero-order valence-electron chi connectivity index (χ0n) is 18.2. The molecular weight excluding hydrogens is 526 g/mol. The highest BCUT2D eigenvalue weighted by molar-refractivity contribution is 14.0. The molecule has 2 aromatic rings. The minimum absolute atomic E-state index is 0. The van der Waals surface area contributed by atoms with Gasteiger partial charge in [0.25, 0.3) is 0 Å². The van der Waals surface area contributed by atoms with Crippen LogP contribution < -0.4 is 10.6 Å². The number of aromatic nitrogens is 4. The Morgan fingerprint density at radius 3 is 2.48 bits per heavy atom. The number of aliphatic hydroxyl groups is 1. The lowest BCUT2D eigenvalue weighted by atomic mass is 9.97. The number of guanidine groups is 1. The van der Waals surface area contributed by atoms with Crippen LogP contribution in [0.15, 0.2) is 23.5 Å². The zero-order chi connectivity index (χ0) is 22.4. The number of rotatable bonds is 9. The summed E-state index contributed by atoms with van der Waals surface area (Å²) in [6, 6.07) is 2.00. The summed E-state index contributed by atoms with van der Waals surface area (Å²) in [6.07, 6.45) is -2.12. The fourth-order valence-corrected chi connectivity index (χ4v) is 3.16. The van der Waals surface area contributed by atoms with Crippen molar-refractivity contribution in [1.29, 1.82) is 0 Å². The number of alkyl halides is 3. The van der Waals surface area contributed by atoms with E-state index in [4.69, 9.17) is 0 Å². The largest absolute Gasteiger partial charge is 0.424 e. The summed E-state index contributed by atoms with van der Waals surface area (Å²) in [5.74, 6) is -0.0427. The van der Waals surface area contributed by atoms with Gasteiger partial charge < -0.3 is 20.3 Å². The van der Waals surface area contributed by atoms with E-state index in [1.54, 1.807) is 0 Å². The Morgan fingerprint density at radius 2 is 1.97 bits per heavy atom. The molecule has 0 spiro atoms. The maximum absolute atomic E-state index is 13.6. The summed E-state index contributed by atoms with van der Waals surface area (Å²) in [5.41, 5.74) is -1.02. The maximum atomic E-state index is 13.6. The average Bonchev–Trinajstić information content (AvgIpc) is 3.22. The van der Waals surface area contributed by atoms with Crippen LogP contribution in [0.1, 0.15) is 37.0 Å². The molecule has 0 aliphatic heterocycles. The molecule has 0 aromatic carbocycles. The van der Waals surface area contributed by atoms with Crippen LogP contribution in [0.4, 0.5) is 13.2 Å². The molecule has 0 saturated heterocycles. The summed E-state index contributed by atoms with van der Waals surface area (Å²) in [4.78, 5) is 8.09. The van der Waals surface area contributed by atoms with E-state index in [2.05, 4.69) is 25.7 Å². The van der Waals surface area contributed by atoms with Gasteiger partial charge in [0.1, 0.15) is 5.82 Å². The molecule has 2 rings (SSSR count). The minimum atomic E-state index is -4.86. The molecule has 2 heterocycles. The molecule has 0 aliphatic rings. The molecule has 0 amide bonds. The molecule has 1 atom stereocenters. The highest BCUT2D eigenvalue weighted by Crippen LogP contribution is 2.40. The van der Waals surface area contributed by atoms with Gasteiger partial charge in [-0.05, 0) is 33.3 Å². The van der Waals surface area contributed by atoms with Gasteiger partial charge in [0.2, 0.25) is 5.60 Å². The van der Waals surface area contributed by atoms with Gasteiger partial charge in [-0.1, -0.05) is 0 Å². The molecule has 3 N–H and O–H groups in total. The van der Waals surface area contributed by atoms with Crippen LogP contribution in [0.5, 0.6) is 0 Å². The van der Waals surface area contributed by atoms with Crippen LogP contribution in [0.2, 0.25) is 0 Å². The Bertz CT molecular complexity index is 850. The van der Waals surface area contributed by atoms with E-state index in [1.165, 1.54) is 24.0 Å². The Hall–Kier alpha value is -1.83. The second-order valence-corrected chi connectivity index (χ2v) is 7.16. The second kappa shape index (κ2) is 11.7. The molecule has 12 heteroatoms. The van der Waals surface area contributed by atoms with Gasteiger partial charge in [0.05, 0.1) is 5.69 Å².